The minimum Gasteiger partial charge on any atom is -0.152 e. The Morgan fingerprint density at radius 3 is 0.556 bits per heavy atom. The molecule has 0 nitrogen and oxygen atoms in total. The van der Waals surface area contributed by atoms with Gasteiger partial charge in [-0.25, -0.2) is 0 Å². The van der Waals surface area contributed by atoms with Crippen molar-refractivity contribution >= 4 is 17.7 Å². The zero-order chi connectivity index (χ0) is 7.15. The molecule has 0 unspecified atom stereocenters. The largest absolute Gasteiger partial charge is 0.456 e. The minimum absolute atomic E-state index is 0. The Morgan fingerprint density at radius 1 is 0.556 bits per heavy atom. The summed E-state index contributed by atoms with van der Waals surface area (Å²) in [5.74, 6) is 0. The molecule has 0 spiro atoms. The van der Waals surface area contributed by atoms with Crippen molar-refractivity contribution in [3.63, 3.8) is 0 Å². The monoisotopic (exact) mass is 278 g/mol. The number of hydrogen-bond acceptors (Lipinski definition) is 0. The molecule has 0 aliphatic heterocycles. The van der Waals surface area contributed by atoms with Crippen LogP contribution in [0.1, 0.15) is 0 Å². The summed E-state index contributed by atoms with van der Waals surface area (Å²) in [5.41, 5.74) is 0. The second-order valence-electron chi connectivity index (χ2n) is 0.383. The van der Waals surface area contributed by atoms with Gasteiger partial charge >= 0.3 is 17.7 Å². The van der Waals surface area contributed by atoms with Crippen molar-refractivity contribution < 1.29 is 44.7 Å². The Labute approximate surface area is 63.0 Å². The van der Waals surface area contributed by atoms with E-state index >= 15 is 0 Å². The third-order valence-electron chi connectivity index (χ3n) is 0. The SMILES string of the molecule is FP(F)F.FP(F)F.[Ru]. The van der Waals surface area contributed by atoms with E-state index in [0.29, 0.717) is 0 Å². The summed E-state index contributed by atoms with van der Waals surface area (Å²) in [5, 5.41) is 0. The Hall–Kier alpha value is 1.06. The molecule has 0 aromatic carbocycles. The van der Waals surface area contributed by atoms with Gasteiger partial charge in [-0.15, -0.1) is 0 Å². The van der Waals surface area contributed by atoms with E-state index in [-0.39, 0.29) is 19.5 Å². The Morgan fingerprint density at radius 2 is 0.556 bits per heavy atom. The maximum atomic E-state index is 9.73. The fourth-order valence-corrected chi connectivity index (χ4v) is 0. The van der Waals surface area contributed by atoms with Crippen molar-refractivity contribution in [2.75, 3.05) is 0 Å². The Kier molecular flexibility index (Phi) is 21.7. The molecule has 0 saturated carbocycles. The van der Waals surface area contributed by atoms with Crippen LogP contribution < -0.4 is 0 Å². The second kappa shape index (κ2) is 11.8. The third kappa shape index (κ3) is 400. The van der Waals surface area contributed by atoms with E-state index in [0.717, 1.165) is 0 Å². The van der Waals surface area contributed by atoms with Gasteiger partial charge in [0.15, 0.2) is 0 Å². The van der Waals surface area contributed by atoms with Crippen LogP contribution in [0.2, 0.25) is 0 Å². The molecule has 0 heterocycles. The van der Waals surface area contributed by atoms with E-state index in [2.05, 4.69) is 0 Å². The fourth-order valence-electron chi connectivity index (χ4n) is 0. The average molecular weight is 277 g/mol. The van der Waals surface area contributed by atoms with Crippen LogP contribution in [0.15, 0.2) is 0 Å². The molecule has 0 aliphatic carbocycles. The normalized spacial score (nSPS) is 8.00. The zero-order valence-corrected chi connectivity index (χ0v) is 7.04. The van der Waals surface area contributed by atoms with Crippen LogP contribution in [-0.2, 0) is 19.5 Å². The van der Waals surface area contributed by atoms with Gasteiger partial charge in [0.05, 0.1) is 0 Å². The molecule has 0 aromatic heterocycles. The van der Waals surface area contributed by atoms with Crippen LogP contribution in [0.4, 0.5) is 25.2 Å². The first-order valence-electron chi connectivity index (χ1n) is 1.01. The van der Waals surface area contributed by atoms with Crippen molar-refractivity contribution in [2.24, 2.45) is 0 Å². The summed E-state index contributed by atoms with van der Waals surface area (Å²) >= 11 is 0. The van der Waals surface area contributed by atoms with Crippen LogP contribution in [-0.4, -0.2) is 0 Å². The van der Waals surface area contributed by atoms with Crippen LogP contribution in [0.25, 0.3) is 0 Å². The molecular formula is F6P2Ru. The van der Waals surface area contributed by atoms with Crippen LogP contribution in [0.3, 0.4) is 0 Å². The van der Waals surface area contributed by atoms with E-state index in [1.54, 1.807) is 0 Å². The molecule has 0 amide bonds. The molecule has 9 heavy (non-hydrogen) atoms. The van der Waals surface area contributed by atoms with Crippen molar-refractivity contribution in [2.45, 2.75) is 0 Å². The predicted molar refractivity (Wildman–Crippen MR) is 20.5 cm³/mol. The summed E-state index contributed by atoms with van der Waals surface area (Å²) in [6, 6.07) is 0. The Bertz CT molecular complexity index is 26.5. The standard InChI is InChI=1S/2F3P.Ru/c2*1-4(2)3;. The van der Waals surface area contributed by atoms with Crippen molar-refractivity contribution in [1.29, 1.82) is 0 Å². The van der Waals surface area contributed by atoms with E-state index in [1.165, 1.54) is 0 Å². The van der Waals surface area contributed by atoms with E-state index in [1.807, 2.05) is 0 Å². The Balaban J connectivity index is -0.0000000720. The molecule has 0 fully saturated rings. The molecule has 9 heteroatoms. The van der Waals surface area contributed by atoms with Gasteiger partial charge in [0.25, 0.3) is 0 Å². The molecule has 0 rings (SSSR count). The van der Waals surface area contributed by atoms with E-state index in [4.69, 9.17) is 0 Å². The molecule has 0 radical (unpaired) electrons. The summed E-state index contributed by atoms with van der Waals surface area (Å²) in [4.78, 5) is 0. The van der Waals surface area contributed by atoms with Gasteiger partial charge in [-0.1, -0.05) is 0 Å². The van der Waals surface area contributed by atoms with Gasteiger partial charge in [0, 0.05) is 19.5 Å². The van der Waals surface area contributed by atoms with Crippen molar-refractivity contribution in [3.05, 3.63) is 0 Å². The van der Waals surface area contributed by atoms with Crippen LogP contribution in [0.5, 0.6) is 0 Å². The first kappa shape index (κ1) is 16.6. The molecule has 0 atom stereocenters. The van der Waals surface area contributed by atoms with E-state index < -0.39 is 17.7 Å². The maximum absolute atomic E-state index is 9.73. The first-order chi connectivity index (χ1) is 3.46. The minimum atomic E-state index is -4.12. The van der Waals surface area contributed by atoms with Crippen molar-refractivity contribution in [1.82, 2.24) is 0 Å². The fraction of sp³-hybridized carbons (Fsp3) is 0. The third-order valence-corrected chi connectivity index (χ3v) is 0. The zero-order valence-electron chi connectivity index (χ0n) is 3.52. The van der Waals surface area contributed by atoms with Crippen molar-refractivity contribution in [3.8, 4) is 0 Å². The number of hydrogen-bond donors (Lipinski definition) is 0. The summed E-state index contributed by atoms with van der Waals surface area (Å²) in [6.07, 6.45) is 0. The molecule has 0 bridgehead atoms. The topological polar surface area (TPSA) is 0 Å². The smallest absolute Gasteiger partial charge is 0.152 e. The maximum Gasteiger partial charge on any atom is 0.456 e. The van der Waals surface area contributed by atoms with Crippen LogP contribution >= 0.6 is 17.7 Å². The molecule has 60 valence electrons. The van der Waals surface area contributed by atoms with Gasteiger partial charge in [-0.3, -0.25) is 0 Å². The molecule has 0 aromatic rings. The molecule has 0 N–H and O–H groups in total. The first-order valence-corrected chi connectivity index (χ1v) is 3.04. The quantitative estimate of drug-likeness (QED) is 0.353. The molecular weight excluding hydrogens is 277 g/mol. The number of rotatable bonds is 0. The second-order valence-corrected chi connectivity index (χ2v) is 1.15. The van der Waals surface area contributed by atoms with Gasteiger partial charge < -0.3 is 0 Å². The van der Waals surface area contributed by atoms with Gasteiger partial charge in [-0.2, -0.15) is 25.2 Å². The number of halogens is 6. The predicted octanol–water partition coefficient (Wildman–Crippen LogP) is 4.24. The van der Waals surface area contributed by atoms with Gasteiger partial charge in [0.1, 0.15) is 0 Å². The summed E-state index contributed by atoms with van der Waals surface area (Å²) in [7, 11) is -8.24. The summed E-state index contributed by atoms with van der Waals surface area (Å²) in [6.45, 7) is 0. The van der Waals surface area contributed by atoms with Gasteiger partial charge in [0.2, 0.25) is 0 Å². The average Bonchev–Trinajstić information content (AvgIpc) is 1.25. The molecule has 0 saturated heterocycles. The summed E-state index contributed by atoms with van der Waals surface area (Å²) < 4.78 is 58.4. The van der Waals surface area contributed by atoms with Crippen LogP contribution in [0, 0.1) is 0 Å². The molecule has 0 aliphatic rings. The van der Waals surface area contributed by atoms with E-state index in [9.17, 15) is 25.2 Å². The van der Waals surface area contributed by atoms with Gasteiger partial charge in [-0.05, 0) is 0 Å².